The molecule has 52 valence electrons. The SMILES string of the molecule is NCC1SCCN1C=O. The zero-order chi connectivity index (χ0) is 6.69. The number of carbonyl (C=O) groups excluding carboxylic acids is 1. The van der Waals surface area contributed by atoms with Crippen LogP contribution < -0.4 is 5.73 Å². The van der Waals surface area contributed by atoms with Gasteiger partial charge in [-0.15, -0.1) is 11.8 Å². The van der Waals surface area contributed by atoms with E-state index in [1.54, 1.807) is 16.7 Å². The van der Waals surface area contributed by atoms with Gasteiger partial charge in [0.15, 0.2) is 0 Å². The maximum Gasteiger partial charge on any atom is 0.210 e. The Morgan fingerprint density at radius 1 is 1.89 bits per heavy atom. The highest BCUT2D eigenvalue weighted by atomic mass is 32.2. The molecule has 1 rings (SSSR count). The van der Waals surface area contributed by atoms with Crippen LogP contribution in [0.1, 0.15) is 0 Å². The third-order valence-electron chi connectivity index (χ3n) is 1.37. The number of rotatable bonds is 2. The summed E-state index contributed by atoms with van der Waals surface area (Å²) in [5, 5.41) is 0.238. The van der Waals surface area contributed by atoms with E-state index in [2.05, 4.69) is 0 Å². The minimum absolute atomic E-state index is 0.238. The molecule has 0 aromatic heterocycles. The lowest BCUT2D eigenvalue weighted by Gasteiger charge is -2.15. The number of amides is 1. The van der Waals surface area contributed by atoms with Crippen LogP contribution in [0.3, 0.4) is 0 Å². The molecule has 0 radical (unpaired) electrons. The average molecular weight is 146 g/mol. The standard InChI is InChI=1S/C5H10N2OS/c6-3-5-7(4-8)1-2-9-5/h4-5H,1-3,6H2. The molecule has 9 heavy (non-hydrogen) atoms. The van der Waals surface area contributed by atoms with E-state index in [1.807, 2.05) is 0 Å². The lowest BCUT2D eigenvalue weighted by atomic mass is 10.5. The molecule has 0 bridgehead atoms. The number of nitrogens with zero attached hydrogens (tertiary/aromatic N) is 1. The largest absolute Gasteiger partial charge is 0.331 e. The maximum absolute atomic E-state index is 10.2. The van der Waals surface area contributed by atoms with Gasteiger partial charge >= 0.3 is 0 Å². The van der Waals surface area contributed by atoms with Crippen molar-refractivity contribution in [2.45, 2.75) is 5.37 Å². The van der Waals surface area contributed by atoms with Crippen LogP contribution in [0, 0.1) is 0 Å². The summed E-state index contributed by atoms with van der Waals surface area (Å²) >= 11 is 1.74. The molecule has 1 saturated heterocycles. The number of nitrogens with two attached hydrogens (primary N) is 1. The third kappa shape index (κ3) is 1.37. The van der Waals surface area contributed by atoms with Crippen LogP contribution in [0.5, 0.6) is 0 Å². The summed E-state index contributed by atoms with van der Waals surface area (Å²) in [6.45, 7) is 1.43. The van der Waals surface area contributed by atoms with Crippen molar-refractivity contribution in [3.63, 3.8) is 0 Å². The van der Waals surface area contributed by atoms with Crippen molar-refractivity contribution in [1.82, 2.24) is 4.90 Å². The van der Waals surface area contributed by atoms with Crippen molar-refractivity contribution >= 4 is 18.2 Å². The first-order valence-corrected chi connectivity index (χ1v) is 3.96. The van der Waals surface area contributed by atoms with Crippen LogP contribution in [-0.4, -0.2) is 35.5 Å². The molecular weight excluding hydrogens is 136 g/mol. The molecule has 1 fully saturated rings. The Morgan fingerprint density at radius 2 is 2.67 bits per heavy atom. The summed E-state index contributed by atoms with van der Waals surface area (Å²) in [5.41, 5.74) is 5.38. The van der Waals surface area contributed by atoms with Gasteiger partial charge in [0.1, 0.15) is 0 Å². The van der Waals surface area contributed by atoms with Crippen molar-refractivity contribution in [2.75, 3.05) is 18.8 Å². The Morgan fingerprint density at radius 3 is 3.11 bits per heavy atom. The van der Waals surface area contributed by atoms with Gasteiger partial charge in [0.2, 0.25) is 6.41 Å². The van der Waals surface area contributed by atoms with Crippen molar-refractivity contribution in [3.8, 4) is 0 Å². The Bertz CT molecular complexity index is 109. The highest BCUT2D eigenvalue weighted by molar-refractivity contribution is 8.00. The van der Waals surface area contributed by atoms with Crippen molar-refractivity contribution < 1.29 is 4.79 Å². The molecule has 1 atom stereocenters. The van der Waals surface area contributed by atoms with Crippen molar-refractivity contribution in [1.29, 1.82) is 0 Å². The van der Waals surface area contributed by atoms with E-state index in [0.717, 1.165) is 18.7 Å². The first-order chi connectivity index (χ1) is 4.38. The molecule has 1 aliphatic rings. The van der Waals surface area contributed by atoms with E-state index in [9.17, 15) is 4.79 Å². The Labute approximate surface area is 58.6 Å². The van der Waals surface area contributed by atoms with E-state index < -0.39 is 0 Å². The van der Waals surface area contributed by atoms with E-state index in [1.165, 1.54) is 0 Å². The van der Waals surface area contributed by atoms with E-state index in [0.29, 0.717) is 6.54 Å². The molecule has 1 heterocycles. The lowest BCUT2D eigenvalue weighted by molar-refractivity contribution is -0.118. The Hall–Kier alpha value is -0.220. The molecule has 0 aromatic carbocycles. The predicted molar refractivity (Wildman–Crippen MR) is 38.1 cm³/mol. The number of thioether (sulfide) groups is 1. The summed E-state index contributed by atoms with van der Waals surface area (Å²) in [7, 11) is 0. The highest BCUT2D eigenvalue weighted by Gasteiger charge is 2.21. The average Bonchev–Trinajstić information content (AvgIpc) is 2.33. The molecule has 0 aliphatic carbocycles. The second-order valence-corrected chi connectivity index (χ2v) is 3.19. The van der Waals surface area contributed by atoms with Crippen LogP contribution in [0.2, 0.25) is 0 Å². The molecule has 3 nitrogen and oxygen atoms in total. The molecule has 0 spiro atoms. The Kier molecular flexibility index (Phi) is 2.36. The van der Waals surface area contributed by atoms with Crippen molar-refractivity contribution in [2.24, 2.45) is 5.73 Å². The summed E-state index contributed by atoms with van der Waals surface area (Å²) in [4.78, 5) is 12.0. The maximum atomic E-state index is 10.2. The van der Waals surface area contributed by atoms with Gasteiger partial charge in [0.05, 0.1) is 5.37 Å². The molecule has 4 heteroatoms. The molecule has 1 amide bonds. The predicted octanol–water partition coefficient (Wildman–Crippen LogP) is -0.524. The third-order valence-corrected chi connectivity index (χ3v) is 2.63. The fourth-order valence-corrected chi connectivity index (χ4v) is 1.93. The molecular formula is C5H10N2OS. The molecule has 0 aromatic rings. The van der Waals surface area contributed by atoms with E-state index >= 15 is 0 Å². The fraction of sp³-hybridized carbons (Fsp3) is 0.800. The van der Waals surface area contributed by atoms with Crippen LogP contribution in [-0.2, 0) is 4.79 Å². The summed E-state index contributed by atoms with van der Waals surface area (Å²) in [6, 6.07) is 0. The highest BCUT2D eigenvalue weighted by Crippen LogP contribution is 2.20. The number of carbonyl (C=O) groups is 1. The quantitative estimate of drug-likeness (QED) is 0.533. The van der Waals surface area contributed by atoms with Crippen LogP contribution in [0.15, 0.2) is 0 Å². The molecule has 1 unspecified atom stereocenters. The van der Waals surface area contributed by atoms with Crippen LogP contribution in [0.25, 0.3) is 0 Å². The van der Waals surface area contributed by atoms with Gasteiger partial charge in [-0.05, 0) is 0 Å². The number of hydrogen-bond donors (Lipinski definition) is 1. The zero-order valence-corrected chi connectivity index (χ0v) is 5.93. The second-order valence-electron chi connectivity index (χ2n) is 1.90. The van der Waals surface area contributed by atoms with E-state index in [-0.39, 0.29) is 5.37 Å². The summed E-state index contributed by atoms with van der Waals surface area (Å²) in [5.74, 6) is 1.03. The van der Waals surface area contributed by atoms with Gasteiger partial charge in [-0.1, -0.05) is 0 Å². The molecule has 0 saturated carbocycles. The van der Waals surface area contributed by atoms with Gasteiger partial charge in [0.25, 0.3) is 0 Å². The normalized spacial score (nSPS) is 26.8. The van der Waals surface area contributed by atoms with Crippen LogP contribution in [0.4, 0.5) is 0 Å². The van der Waals surface area contributed by atoms with Crippen molar-refractivity contribution in [3.05, 3.63) is 0 Å². The van der Waals surface area contributed by atoms with Gasteiger partial charge < -0.3 is 10.6 Å². The first-order valence-electron chi connectivity index (χ1n) is 2.91. The number of hydrogen-bond acceptors (Lipinski definition) is 3. The molecule has 1 aliphatic heterocycles. The monoisotopic (exact) mass is 146 g/mol. The minimum Gasteiger partial charge on any atom is -0.331 e. The fourth-order valence-electron chi connectivity index (χ4n) is 0.858. The van der Waals surface area contributed by atoms with Crippen LogP contribution >= 0.6 is 11.8 Å². The lowest BCUT2D eigenvalue weighted by Crippen LogP contribution is -2.32. The zero-order valence-electron chi connectivity index (χ0n) is 5.12. The van der Waals surface area contributed by atoms with Gasteiger partial charge in [0, 0.05) is 18.8 Å². The summed E-state index contributed by atoms with van der Waals surface area (Å²) in [6.07, 6.45) is 0.873. The second kappa shape index (κ2) is 3.08. The first kappa shape index (κ1) is 6.89. The van der Waals surface area contributed by atoms with Gasteiger partial charge in [-0.3, -0.25) is 4.79 Å². The van der Waals surface area contributed by atoms with Gasteiger partial charge in [-0.25, -0.2) is 0 Å². The Balaban J connectivity index is 2.41. The minimum atomic E-state index is 0.238. The smallest absolute Gasteiger partial charge is 0.210 e. The van der Waals surface area contributed by atoms with Gasteiger partial charge in [-0.2, -0.15) is 0 Å². The topological polar surface area (TPSA) is 46.3 Å². The molecule has 2 N–H and O–H groups in total. The van der Waals surface area contributed by atoms with E-state index in [4.69, 9.17) is 5.73 Å². The summed E-state index contributed by atoms with van der Waals surface area (Å²) < 4.78 is 0.